The zero-order valence-electron chi connectivity index (χ0n) is 78.2. The number of rotatable bonds is 12. The molecule has 16 saturated carbocycles. The molecule has 0 spiro atoms. The molecule has 4 N–H and O–H groups in total. The van der Waals surface area contributed by atoms with E-state index in [0.717, 1.165) is 192 Å². The summed E-state index contributed by atoms with van der Waals surface area (Å²) < 4.78 is 5.46. The van der Waals surface area contributed by atoms with Crippen molar-refractivity contribution in [3.63, 3.8) is 0 Å². The summed E-state index contributed by atoms with van der Waals surface area (Å²) in [5, 5.41) is 69.1. The maximum atomic E-state index is 13.6. The van der Waals surface area contributed by atoms with Crippen LogP contribution in [0, 0.1) is 164 Å². The van der Waals surface area contributed by atoms with Gasteiger partial charge < -0.3 is 20.4 Å². The second kappa shape index (κ2) is 33.6. The van der Waals surface area contributed by atoms with Crippen molar-refractivity contribution in [3.8, 4) is 0 Å². The van der Waals surface area contributed by atoms with Crippen molar-refractivity contribution in [2.45, 2.75) is 335 Å². The van der Waals surface area contributed by atoms with Gasteiger partial charge in [0.15, 0.2) is 23.1 Å². The molecule has 0 bridgehead atoms. The Morgan fingerprint density at radius 1 is 0.320 bits per heavy atom. The predicted molar refractivity (Wildman–Crippen MR) is 495 cm³/mol. The Balaban J connectivity index is 0.000000104. The maximum absolute atomic E-state index is 13.6. The van der Waals surface area contributed by atoms with Crippen LogP contribution in [0.5, 0.6) is 0 Å². The van der Waals surface area contributed by atoms with Gasteiger partial charge in [0.25, 0.3) is 0 Å². The Morgan fingerprint density at radius 2 is 0.648 bits per heavy atom. The number of benzene rings is 2. The summed E-state index contributed by atoms with van der Waals surface area (Å²) in [7, 11) is 0. The van der Waals surface area contributed by atoms with Gasteiger partial charge in [0.1, 0.15) is 52.7 Å². The minimum atomic E-state index is -0.451. The van der Waals surface area contributed by atoms with Crippen molar-refractivity contribution in [2.24, 2.45) is 164 Å². The number of pyridine rings is 2. The molecule has 24 rings (SSSR count). The van der Waals surface area contributed by atoms with Crippen LogP contribution in [-0.4, -0.2) is 125 Å². The molecule has 0 saturated heterocycles. The molecule has 8 aromatic rings. The first-order valence-corrected chi connectivity index (χ1v) is 51.5. The highest BCUT2D eigenvalue weighted by molar-refractivity contribution is 5.86. The lowest BCUT2D eigenvalue weighted by molar-refractivity contribution is -0.133. The smallest absolute Gasteiger partial charge is 0.159 e. The Bertz CT molecular complexity index is 5020. The van der Waals surface area contributed by atoms with Gasteiger partial charge in [0.2, 0.25) is 0 Å². The fourth-order valence-electron chi connectivity index (χ4n) is 35.5. The van der Waals surface area contributed by atoms with E-state index in [2.05, 4.69) is 68.4 Å². The summed E-state index contributed by atoms with van der Waals surface area (Å²) in [5.41, 5.74) is 5.84. The highest BCUT2D eigenvalue weighted by atomic mass is 16.3. The zero-order chi connectivity index (χ0) is 88.3. The van der Waals surface area contributed by atoms with Crippen molar-refractivity contribution >= 4 is 67.3 Å². The van der Waals surface area contributed by atoms with E-state index in [4.69, 9.17) is 0 Å². The second-order valence-corrected chi connectivity index (χ2v) is 48.2. The largest absolute Gasteiger partial charge is 0.390 e. The summed E-state index contributed by atoms with van der Waals surface area (Å²) in [6.45, 7) is 19.3. The normalized spacial score (nSPS) is 43.5. The third-order valence-corrected chi connectivity index (χ3v) is 41.2. The fourth-order valence-corrected chi connectivity index (χ4v) is 35.5. The van der Waals surface area contributed by atoms with Crippen molar-refractivity contribution < 1.29 is 39.6 Å². The number of aliphatic hydroxyl groups is 4. The van der Waals surface area contributed by atoms with Crippen LogP contribution >= 0.6 is 0 Å². The Kier molecular flexibility index (Phi) is 23.0. The quantitative estimate of drug-likeness (QED) is 0.0885. The van der Waals surface area contributed by atoms with E-state index in [1.807, 2.05) is 111 Å². The van der Waals surface area contributed by atoms with Gasteiger partial charge >= 0.3 is 0 Å². The van der Waals surface area contributed by atoms with Gasteiger partial charge in [-0.3, -0.25) is 38.5 Å². The van der Waals surface area contributed by atoms with Crippen LogP contribution in [0.2, 0.25) is 0 Å². The number of ketones is 4. The number of hydrogen-bond donors (Lipinski definition) is 4. The highest BCUT2D eigenvalue weighted by Gasteiger charge is 2.64. The van der Waals surface area contributed by atoms with E-state index >= 15 is 0 Å². The number of nitrogens with zero attached hydrogens (tertiary/aromatic N) is 12. The first kappa shape index (κ1) is 87.6. The van der Waals surface area contributed by atoms with E-state index in [1.54, 1.807) is 32.8 Å². The van der Waals surface area contributed by atoms with E-state index in [0.29, 0.717) is 96.7 Å². The molecular weight excluding hydrogens is 1590 g/mol. The van der Waals surface area contributed by atoms with Crippen LogP contribution in [0.3, 0.4) is 0 Å². The lowest BCUT2D eigenvalue weighted by atomic mass is 9.49. The predicted octanol–water partition coefficient (Wildman–Crippen LogP) is 20.1. The van der Waals surface area contributed by atoms with Gasteiger partial charge in [-0.2, -0.15) is 25.2 Å². The first-order valence-electron chi connectivity index (χ1n) is 51.5. The van der Waals surface area contributed by atoms with Gasteiger partial charge in [0, 0.05) is 36.1 Å². The van der Waals surface area contributed by atoms with Crippen LogP contribution in [0.25, 0.3) is 44.1 Å². The molecule has 20 heteroatoms. The van der Waals surface area contributed by atoms with Gasteiger partial charge in [-0.1, -0.05) is 57.2 Å². The Labute approximate surface area is 758 Å². The number of Topliss-reactive ketones (excluding diaryl/α,β-unsaturated/α-hetero) is 4. The van der Waals surface area contributed by atoms with E-state index in [9.17, 15) is 39.6 Å². The molecule has 128 heavy (non-hydrogen) atoms. The number of aromatic nitrogens is 12. The van der Waals surface area contributed by atoms with Gasteiger partial charge in [-0.15, -0.1) is 5.10 Å². The van der Waals surface area contributed by atoms with Crippen molar-refractivity contribution in [2.75, 3.05) is 0 Å². The lowest BCUT2D eigenvalue weighted by Gasteiger charge is -2.56. The zero-order valence-corrected chi connectivity index (χ0v) is 78.2. The lowest BCUT2D eigenvalue weighted by Crippen LogP contribution is -2.51. The molecule has 20 nitrogen and oxygen atoms in total. The van der Waals surface area contributed by atoms with E-state index in [1.165, 1.54) is 154 Å². The SMILES string of the molecule is C[C@@]1(O)CC[C@H]2[C@H](CC[C@@H]3[C@@H]2CC[C@]2(C)[C@@H](C(=O)Cn4cc5ncccc5n4)CC[C@@H]32)C1.C[C@@]1(O)CC[C@H]2[C@H](CC[C@@H]3[C@@H]2CC[C@]2(C)[C@@H](C(=O)Cn4nc5ccccc5n4)CC[C@@H]32)C1.C[C@@]1(O)CC[C@H]2[C@H](CC[C@@H]3[C@@H]2CC[C@]2(C)[C@@H](C(=O)Cn4ncc5ncccc54)CC[C@@H]32)C1.C[C@@]1(O)CC[C@H]2[C@H](CC[C@@H]3[C@@H]2CC[C@]2(C)[C@@H](C(=O)Cn4nnc5ccccc54)CC[C@@H]32)C1. The van der Waals surface area contributed by atoms with E-state index in [-0.39, 0.29) is 45.3 Å². The molecule has 16 aliphatic rings. The summed E-state index contributed by atoms with van der Waals surface area (Å²) in [4.78, 5) is 64.5. The third-order valence-electron chi connectivity index (χ3n) is 41.2. The van der Waals surface area contributed by atoms with Crippen LogP contribution in [-0.2, 0) is 45.4 Å². The maximum Gasteiger partial charge on any atom is 0.159 e. The van der Waals surface area contributed by atoms with Gasteiger partial charge in [-0.05, 0) is 447 Å². The van der Waals surface area contributed by atoms with Crippen LogP contribution in [0.4, 0.5) is 0 Å². The molecule has 32 atom stereocenters. The molecule has 688 valence electrons. The molecule has 16 fully saturated rings. The van der Waals surface area contributed by atoms with Crippen molar-refractivity contribution in [1.82, 2.24) is 59.5 Å². The third kappa shape index (κ3) is 15.9. The minimum absolute atomic E-state index is 0.137. The van der Waals surface area contributed by atoms with E-state index < -0.39 is 22.4 Å². The van der Waals surface area contributed by atoms with Crippen LogP contribution in [0.15, 0.2) is 97.6 Å². The highest BCUT2D eigenvalue weighted by Crippen LogP contribution is 2.70. The molecule has 0 radical (unpaired) electrons. The minimum Gasteiger partial charge on any atom is -0.390 e. The molecular formula is C108H148N12O8. The summed E-state index contributed by atoms with van der Waals surface area (Å²) in [6, 6.07) is 23.5. The molecule has 0 amide bonds. The van der Waals surface area contributed by atoms with Crippen LogP contribution in [0.1, 0.15) is 287 Å². The average Bonchev–Trinajstić information content (AvgIpc) is 1.50. The molecule has 16 aliphatic carbocycles. The van der Waals surface area contributed by atoms with Crippen molar-refractivity contribution in [3.05, 3.63) is 97.6 Å². The van der Waals surface area contributed by atoms with Crippen LogP contribution < -0.4 is 0 Å². The summed E-state index contributed by atoms with van der Waals surface area (Å²) >= 11 is 0. The Hall–Kier alpha value is -7.00. The molecule has 6 aromatic heterocycles. The second-order valence-electron chi connectivity index (χ2n) is 48.2. The van der Waals surface area contributed by atoms with Crippen molar-refractivity contribution in [1.29, 1.82) is 0 Å². The number of carbonyl (C=O) groups excluding carboxylic acids is 4. The first-order chi connectivity index (χ1) is 61.4. The monoisotopic (exact) mass is 1740 g/mol. The molecule has 2 aromatic carbocycles. The fraction of sp³-hybridized carbons (Fsp3) is 0.741. The number of fused-ring (bicyclic) bond motifs is 24. The topological polar surface area (TPSA) is 272 Å². The number of para-hydroxylation sites is 1. The Morgan fingerprint density at radius 3 is 1.06 bits per heavy atom. The summed E-state index contributed by atoms with van der Waals surface area (Å²) in [6.07, 6.45) is 49.1. The number of hydrogen-bond acceptors (Lipinski definition) is 16. The number of carbonyl (C=O) groups is 4. The van der Waals surface area contributed by atoms with Gasteiger partial charge in [0.05, 0.1) is 52.4 Å². The average molecular weight is 1740 g/mol. The van der Waals surface area contributed by atoms with Gasteiger partial charge in [-0.25, -0.2) is 4.68 Å². The molecule has 0 unspecified atom stereocenters. The summed E-state index contributed by atoms with van der Waals surface area (Å²) in [5.74, 6) is 17.2. The molecule has 6 heterocycles. The molecule has 0 aliphatic heterocycles. The standard InChI is InChI=1S/4C27H37N3O2/c1-26(32)11-9-18-17(14-26)5-6-20-19(18)10-12-27(2)21(20)7-8-22(27)25(31)16-30-24-4-3-13-28-23(24)15-29-30;1-26(32)11-9-18-17(14-26)5-6-20-19(18)10-12-27(2)21(20)7-8-22(27)25(31)16-30-15-24-23(29-30)4-3-13-28-24;1-26(32)13-11-18-17(15-26)7-8-20-19(18)12-14-27(2)21(20)9-10-22(27)25(31)16-30-24-6-4-3-5-23(24)28-29-30;1-26(32)13-11-18-17(15-26)7-8-20-19(18)12-14-27(2)21(20)9-10-22(27)25(31)16-30-28-23-5-3-4-6-24(23)29-30/h2*3-4,13,15,17-22,32H,5-12,14,16H2,1-2H3;2*3-6,17-22,32H,7-16H2,1-2H3/t4*17-,18+,19-,20-,21+,22-,26-,27+/m1111/s1.